The van der Waals surface area contributed by atoms with Crippen molar-refractivity contribution in [1.82, 2.24) is 14.8 Å². The van der Waals surface area contributed by atoms with Gasteiger partial charge in [-0.3, -0.25) is 9.36 Å². The Morgan fingerprint density at radius 1 is 1.10 bits per heavy atom. The van der Waals surface area contributed by atoms with E-state index in [1.807, 2.05) is 46.3 Å². The fourth-order valence-electron chi connectivity index (χ4n) is 2.91. The van der Waals surface area contributed by atoms with Crippen molar-refractivity contribution in [2.75, 3.05) is 11.1 Å². The molecule has 0 aliphatic rings. The van der Waals surface area contributed by atoms with Crippen LogP contribution in [0.4, 0.5) is 5.69 Å². The molecule has 2 aromatic carbocycles. The first kappa shape index (κ1) is 19.9. The molecule has 4 rings (SSSR count). The normalized spacial score (nSPS) is 10.5. The van der Waals surface area contributed by atoms with Crippen molar-refractivity contribution in [1.29, 1.82) is 5.26 Å². The summed E-state index contributed by atoms with van der Waals surface area (Å²) in [7, 11) is 0. The summed E-state index contributed by atoms with van der Waals surface area (Å²) in [6.45, 7) is 0. The standard InChI is InChI=1S/C22H17N5OS2/c23-14-16-6-4-7-17(12-16)24-21(28)15-30-22-26-25-20(13-19-10-5-11-29-19)27(22)18-8-2-1-3-9-18/h1-12H,13,15H2,(H,24,28). The van der Waals surface area contributed by atoms with Gasteiger partial charge in [0.25, 0.3) is 0 Å². The SMILES string of the molecule is N#Cc1cccc(NC(=O)CSc2nnc(Cc3cccs3)n2-c2ccccc2)c1. The summed E-state index contributed by atoms with van der Waals surface area (Å²) in [6.07, 6.45) is 0.674. The predicted molar refractivity (Wildman–Crippen MR) is 119 cm³/mol. The number of carbonyl (C=O) groups excluding carboxylic acids is 1. The van der Waals surface area contributed by atoms with Gasteiger partial charge in [-0.1, -0.05) is 42.1 Å². The maximum absolute atomic E-state index is 12.4. The van der Waals surface area contributed by atoms with Crippen LogP contribution in [-0.4, -0.2) is 26.4 Å². The summed E-state index contributed by atoms with van der Waals surface area (Å²) in [5.74, 6) is 0.839. The topological polar surface area (TPSA) is 83.6 Å². The Morgan fingerprint density at radius 3 is 2.73 bits per heavy atom. The Kier molecular flexibility index (Phi) is 6.23. The molecule has 0 radical (unpaired) electrons. The van der Waals surface area contributed by atoms with Crippen LogP contribution in [0, 0.1) is 11.3 Å². The number of aromatic nitrogens is 3. The number of benzene rings is 2. The van der Waals surface area contributed by atoms with Crippen molar-refractivity contribution in [2.24, 2.45) is 0 Å². The van der Waals surface area contributed by atoms with Crippen LogP contribution < -0.4 is 5.32 Å². The van der Waals surface area contributed by atoms with Gasteiger partial charge in [-0.25, -0.2) is 0 Å². The third kappa shape index (κ3) is 4.76. The molecule has 1 N–H and O–H groups in total. The molecular weight excluding hydrogens is 414 g/mol. The number of nitrogens with one attached hydrogen (secondary N) is 1. The Balaban J connectivity index is 1.51. The molecule has 0 fully saturated rings. The second-order valence-electron chi connectivity index (χ2n) is 6.36. The number of carbonyl (C=O) groups is 1. The van der Waals surface area contributed by atoms with E-state index in [4.69, 9.17) is 5.26 Å². The van der Waals surface area contributed by atoms with Crippen LogP contribution in [0.15, 0.2) is 77.3 Å². The highest BCUT2D eigenvalue weighted by Crippen LogP contribution is 2.24. The van der Waals surface area contributed by atoms with Gasteiger partial charge in [-0.2, -0.15) is 5.26 Å². The summed E-state index contributed by atoms with van der Waals surface area (Å²) in [5, 5.41) is 23.2. The van der Waals surface area contributed by atoms with Gasteiger partial charge >= 0.3 is 0 Å². The van der Waals surface area contributed by atoms with Crippen LogP contribution in [0.1, 0.15) is 16.3 Å². The minimum Gasteiger partial charge on any atom is -0.325 e. The molecule has 2 aromatic heterocycles. The number of amides is 1. The lowest BCUT2D eigenvalue weighted by Crippen LogP contribution is -2.14. The molecule has 0 unspecified atom stereocenters. The Bertz CT molecular complexity index is 1180. The number of thioether (sulfide) groups is 1. The Labute approximate surface area is 182 Å². The summed E-state index contributed by atoms with van der Waals surface area (Å²) < 4.78 is 1.99. The third-order valence-corrected chi connectivity index (χ3v) is 6.04. The molecule has 0 saturated heterocycles. The highest BCUT2D eigenvalue weighted by Gasteiger charge is 2.16. The highest BCUT2D eigenvalue weighted by molar-refractivity contribution is 7.99. The van der Waals surface area contributed by atoms with E-state index < -0.39 is 0 Å². The molecular formula is C22H17N5OS2. The van der Waals surface area contributed by atoms with Gasteiger partial charge in [-0.15, -0.1) is 21.5 Å². The molecule has 0 bridgehead atoms. The molecule has 0 saturated carbocycles. The van der Waals surface area contributed by atoms with Gasteiger partial charge in [0.05, 0.1) is 17.4 Å². The number of hydrogen-bond acceptors (Lipinski definition) is 6. The van der Waals surface area contributed by atoms with Gasteiger partial charge < -0.3 is 5.32 Å². The van der Waals surface area contributed by atoms with E-state index in [1.165, 1.54) is 16.6 Å². The Hall–Kier alpha value is -3.41. The molecule has 0 aliphatic heterocycles. The minimum absolute atomic E-state index is 0.169. The van der Waals surface area contributed by atoms with E-state index in [0.29, 0.717) is 22.8 Å². The molecule has 30 heavy (non-hydrogen) atoms. The lowest BCUT2D eigenvalue weighted by Gasteiger charge is -2.10. The van der Waals surface area contributed by atoms with E-state index in [2.05, 4.69) is 27.6 Å². The summed E-state index contributed by atoms with van der Waals surface area (Å²) in [4.78, 5) is 13.6. The van der Waals surface area contributed by atoms with Crippen LogP contribution in [0.25, 0.3) is 5.69 Å². The predicted octanol–water partition coefficient (Wildman–Crippen LogP) is 4.52. The Morgan fingerprint density at radius 2 is 1.97 bits per heavy atom. The van der Waals surface area contributed by atoms with E-state index in [9.17, 15) is 4.79 Å². The average molecular weight is 432 g/mol. The highest BCUT2D eigenvalue weighted by atomic mass is 32.2. The molecule has 8 heteroatoms. The summed E-state index contributed by atoms with van der Waals surface area (Å²) in [5.41, 5.74) is 2.06. The molecule has 2 heterocycles. The minimum atomic E-state index is -0.169. The molecule has 1 amide bonds. The smallest absolute Gasteiger partial charge is 0.234 e. The molecule has 4 aromatic rings. The number of rotatable bonds is 7. The van der Waals surface area contributed by atoms with Gasteiger partial charge in [0, 0.05) is 22.7 Å². The van der Waals surface area contributed by atoms with Crippen molar-refractivity contribution in [2.45, 2.75) is 11.6 Å². The van der Waals surface area contributed by atoms with Gasteiger partial charge in [0.15, 0.2) is 5.16 Å². The number of nitrogens with zero attached hydrogens (tertiary/aromatic N) is 4. The fraction of sp³-hybridized carbons (Fsp3) is 0.0909. The van der Waals surface area contributed by atoms with E-state index in [0.717, 1.165) is 11.5 Å². The second kappa shape index (κ2) is 9.39. The van der Waals surface area contributed by atoms with Crippen LogP contribution in [-0.2, 0) is 11.2 Å². The lowest BCUT2D eigenvalue weighted by molar-refractivity contribution is -0.113. The summed E-state index contributed by atoms with van der Waals surface area (Å²) in [6, 6.07) is 22.9. The van der Waals surface area contributed by atoms with Gasteiger partial charge in [0.2, 0.25) is 5.91 Å². The second-order valence-corrected chi connectivity index (χ2v) is 8.33. The van der Waals surface area contributed by atoms with E-state index in [-0.39, 0.29) is 11.7 Å². The van der Waals surface area contributed by atoms with E-state index in [1.54, 1.807) is 35.6 Å². The zero-order valence-electron chi connectivity index (χ0n) is 15.9. The van der Waals surface area contributed by atoms with E-state index >= 15 is 0 Å². The molecule has 0 spiro atoms. The number of thiophene rings is 1. The zero-order chi connectivity index (χ0) is 20.8. The van der Waals surface area contributed by atoms with Crippen molar-refractivity contribution in [3.8, 4) is 11.8 Å². The van der Waals surface area contributed by atoms with Crippen LogP contribution >= 0.6 is 23.1 Å². The molecule has 148 valence electrons. The molecule has 0 aliphatic carbocycles. The zero-order valence-corrected chi connectivity index (χ0v) is 17.5. The lowest BCUT2D eigenvalue weighted by atomic mass is 10.2. The van der Waals surface area contributed by atoms with Gasteiger partial charge in [0.1, 0.15) is 5.82 Å². The third-order valence-electron chi connectivity index (χ3n) is 4.24. The largest absolute Gasteiger partial charge is 0.325 e. The van der Waals surface area contributed by atoms with Crippen molar-refractivity contribution in [3.05, 3.63) is 88.4 Å². The maximum Gasteiger partial charge on any atom is 0.234 e. The van der Waals surface area contributed by atoms with Crippen LogP contribution in [0.2, 0.25) is 0 Å². The van der Waals surface area contributed by atoms with Crippen molar-refractivity contribution in [3.63, 3.8) is 0 Å². The number of hydrogen-bond donors (Lipinski definition) is 1. The first-order chi connectivity index (χ1) is 14.7. The first-order valence-electron chi connectivity index (χ1n) is 9.18. The fourth-order valence-corrected chi connectivity index (χ4v) is 4.38. The van der Waals surface area contributed by atoms with Crippen LogP contribution in [0.3, 0.4) is 0 Å². The number of nitriles is 1. The quantitative estimate of drug-likeness (QED) is 0.435. The number of para-hydroxylation sites is 1. The summed E-state index contributed by atoms with van der Waals surface area (Å²) >= 11 is 3.01. The maximum atomic E-state index is 12.4. The molecule has 6 nitrogen and oxygen atoms in total. The average Bonchev–Trinajstić information content (AvgIpc) is 3.43. The monoisotopic (exact) mass is 431 g/mol. The van der Waals surface area contributed by atoms with Crippen molar-refractivity contribution < 1.29 is 4.79 Å². The molecule has 0 atom stereocenters. The van der Waals surface area contributed by atoms with Gasteiger partial charge in [-0.05, 0) is 41.8 Å². The number of anilines is 1. The van der Waals surface area contributed by atoms with Crippen LogP contribution in [0.5, 0.6) is 0 Å². The first-order valence-corrected chi connectivity index (χ1v) is 11.0. The van der Waals surface area contributed by atoms with Crippen molar-refractivity contribution >= 4 is 34.7 Å².